The van der Waals surface area contributed by atoms with Crippen molar-refractivity contribution < 1.29 is 37.0 Å². The molecule has 1 aliphatic heterocycles. The lowest BCUT2D eigenvalue weighted by atomic mass is 9.90. The fourth-order valence-corrected chi connectivity index (χ4v) is 2.32. The first-order valence-corrected chi connectivity index (χ1v) is 7.88. The molecule has 0 aliphatic carbocycles. The number of alkyl carbamates (subject to hydrolysis) is 1. The van der Waals surface area contributed by atoms with Gasteiger partial charge in [0.15, 0.2) is 5.78 Å². The molecule has 0 aromatic carbocycles. The summed E-state index contributed by atoms with van der Waals surface area (Å²) in [6, 6.07) is -1.31. The van der Waals surface area contributed by atoms with E-state index in [0.717, 1.165) is 0 Å². The van der Waals surface area contributed by atoms with Crippen LogP contribution in [0.5, 0.6) is 0 Å². The molecule has 0 bridgehead atoms. The number of alkyl halides is 3. The molecule has 2 N–H and O–H groups in total. The highest BCUT2D eigenvalue weighted by atomic mass is 19.4. The van der Waals surface area contributed by atoms with Crippen molar-refractivity contribution in [3.63, 3.8) is 0 Å². The van der Waals surface area contributed by atoms with Crippen molar-refractivity contribution >= 4 is 17.8 Å². The molecule has 0 aromatic heterocycles. The predicted octanol–water partition coefficient (Wildman–Crippen LogP) is 1.90. The Hall–Kier alpha value is -1.84. The minimum atomic E-state index is -4.96. The van der Waals surface area contributed by atoms with Gasteiger partial charge in [-0.3, -0.25) is 14.3 Å². The number of carbonyl (C=O) groups is 3. The number of hydrogen-bond donors (Lipinski definition) is 2. The maximum atomic E-state index is 12.1. The average Bonchev–Trinajstić information content (AvgIpc) is 2.43. The molecule has 1 fully saturated rings. The molecule has 0 aromatic rings. The molecular formula is C15H23F3N2O5. The van der Waals surface area contributed by atoms with Crippen molar-refractivity contribution in [2.24, 2.45) is 5.92 Å². The topological polar surface area (TPSA) is 93.7 Å². The van der Waals surface area contributed by atoms with E-state index < -0.39 is 42.4 Å². The summed E-state index contributed by atoms with van der Waals surface area (Å²) < 4.78 is 44.9. The van der Waals surface area contributed by atoms with E-state index in [-0.39, 0.29) is 12.3 Å². The Kier molecular flexibility index (Phi) is 7.21. The van der Waals surface area contributed by atoms with Gasteiger partial charge in [0.25, 0.3) is 0 Å². The minimum absolute atomic E-state index is 0.120. The van der Waals surface area contributed by atoms with Crippen molar-refractivity contribution in [3.05, 3.63) is 0 Å². The highest BCUT2D eigenvalue weighted by Crippen LogP contribution is 2.20. The van der Waals surface area contributed by atoms with Gasteiger partial charge in [-0.2, -0.15) is 0 Å². The number of hydrogen-bond acceptors (Lipinski definition) is 5. The van der Waals surface area contributed by atoms with Crippen LogP contribution in [0.15, 0.2) is 0 Å². The Bertz CT molecular complexity index is 502. The van der Waals surface area contributed by atoms with Crippen LogP contribution < -0.4 is 10.6 Å². The third-order valence-electron chi connectivity index (χ3n) is 3.38. The highest BCUT2D eigenvalue weighted by molar-refractivity contribution is 5.89. The summed E-state index contributed by atoms with van der Waals surface area (Å²) in [5.74, 6) is -1.86. The predicted molar refractivity (Wildman–Crippen MR) is 80.5 cm³/mol. The number of ether oxygens (including phenoxy) is 2. The lowest BCUT2D eigenvalue weighted by Gasteiger charge is -2.27. The van der Waals surface area contributed by atoms with Gasteiger partial charge in [-0.1, -0.05) is 0 Å². The van der Waals surface area contributed by atoms with E-state index in [2.05, 4.69) is 15.4 Å². The van der Waals surface area contributed by atoms with Crippen LogP contribution in [0, 0.1) is 5.92 Å². The van der Waals surface area contributed by atoms with Crippen LogP contribution in [0.2, 0.25) is 0 Å². The first kappa shape index (κ1) is 21.2. The summed E-state index contributed by atoms with van der Waals surface area (Å²) in [4.78, 5) is 35.7. The number of nitrogens with one attached hydrogen (secondary N) is 2. The van der Waals surface area contributed by atoms with Crippen molar-refractivity contribution in [1.29, 1.82) is 0 Å². The second kappa shape index (κ2) is 8.50. The monoisotopic (exact) mass is 368 g/mol. The summed E-state index contributed by atoms with van der Waals surface area (Å²) in [7, 11) is 0. The summed E-state index contributed by atoms with van der Waals surface area (Å²) in [6.45, 7) is 4.06. The molecule has 7 nitrogen and oxygen atoms in total. The lowest BCUT2D eigenvalue weighted by molar-refractivity contribution is -0.321. The third kappa shape index (κ3) is 8.71. The van der Waals surface area contributed by atoms with Gasteiger partial charge in [0.1, 0.15) is 12.2 Å². The number of piperidine rings is 1. The molecular weight excluding hydrogens is 345 g/mol. The van der Waals surface area contributed by atoms with Gasteiger partial charge in [0.2, 0.25) is 5.91 Å². The number of carbonyl (C=O) groups excluding carboxylic acids is 3. The van der Waals surface area contributed by atoms with Gasteiger partial charge in [0.05, 0.1) is 6.04 Å². The summed E-state index contributed by atoms with van der Waals surface area (Å²) in [5.41, 5.74) is -0.845. The highest BCUT2D eigenvalue weighted by Gasteiger charge is 2.35. The van der Waals surface area contributed by atoms with Crippen molar-refractivity contribution in [2.45, 2.75) is 58.0 Å². The average molecular weight is 368 g/mol. The van der Waals surface area contributed by atoms with Crippen molar-refractivity contribution in [3.8, 4) is 0 Å². The number of Topliss-reactive ketones (excluding diaryl/α,β-unsaturated/α-hetero) is 1. The number of amides is 2. The van der Waals surface area contributed by atoms with Crippen molar-refractivity contribution in [2.75, 3.05) is 13.2 Å². The molecule has 10 heteroatoms. The fraction of sp³-hybridized carbons (Fsp3) is 0.800. The van der Waals surface area contributed by atoms with Gasteiger partial charge in [0, 0.05) is 12.5 Å². The number of rotatable bonds is 6. The van der Waals surface area contributed by atoms with Gasteiger partial charge in [-0.25, -0.2) is 4.79 Å². The van der Waals surface area contributed by atoms with Crippen LogP contribution in [-0.2, 0) is 19.1 Å². The Balaban J connectivity index is 2.76. The van der Waals surface area contributed by atoms with Crippen LogP contribution in [0.1, 0.15) is 40.0 Å². The zero-order chi connectivity index (χ0) is 19.3. The smallest absolute Gasteiger partial charge is 0.444 e. The van der Waals surface area contributed by atoms with Crippen LogP contribution >= 0.6 is 0 Å². The second-order valence-corrected chi connectivity index (χ2v) is 6.77. The maximum absolute atomic E-state index is 12.1. The molecule has 2 amide bonds. The number of halogens is 3. The van der Waals surface area contributed by atoms with E-state index in [1.165, 1.54) is 0 Å². The molecule has 0 spiro atoms. The molecule has 144 valence electrons. The van der Waals surface area contributed by atoms with E-state index in [9.17, 15) is 27.6 Å². The third-order valence-corrected chi connectivity index (χ3v) is 3.38. The lowest BCUT2D eigenvalue weighted by Crippen LogP contribution is -2.48. The minimum Gasteiger partial charge on any atom is -0.444 e. The molecule has 1 rings (SSSR count). The zero-order valence-electron chi connectivity index (χ0n) is 14.4. The van der Waals surface area contributed by atoms with Crippen LogP contribution in [0.4, 0.5) is 18.0 Å². The van der Waals surface area contributed by atoms with Gasteiger partial charge in [-0.05, 0) is 40.0 Å². The van der Waals surface area contributed by atoms with E-state index in [4.69, 9.17) is 4.74 Å². The molecule has 1 saturated heterocycles. The molecule has 1 heterocycles. The van der Waals surface area contributed by atoms with Crippen molar-refractivity contribution in [1.82, 2.24) is 10.6 Å². The quantitative estimate of drug-likeness (QED) is 0.747. The Morgan fingerprint density at radius 3 is 2.48 bits per heavy atom. The molecule has 25 heavy (non-hydrogen) atoms. The largest absolute Gasteiger partial charge is 0.522 e. The van der Waals surface area contributed by atoms with Crippen LogP contribution in [0.3, 0.4) is 0 Å². The van der Waals surface area contributed by atoms with Crippen LogP contribution in [-0.4, -0.2) is 48.9 Å². The van der Waals surface area contributed by atoms with E-state index >= 15 is 0 Å². The SMILES string of the molecule is CC(C)(C)OC(=O)NC(C[C@@H]1CCCNC1=O)C(=O)COC(F)(F)F. The Labute approximate surface area is 143 Å². The Morgan fingerprint density at radius 1 is 1.32 bits per heavy atom. The maximum Gasteiger partial charge on any atom is 0.522 e. The zero-order valence-corrected chi connectivity index (χ0v) is 14.4. The second-order valence-electron chi connectivity index (χ2n) is 6.77. The fourth-order valence-electron chi connectivity index (χ4n) is 2.32. The van der Waals surface area contributed by atoms with E-state index in [0.29, 0.717) is 19.4 Å². The molecule has 1 unspecified atom stereocenters. The standard InChI is InChI=1S/C15H23F3N2O5/c1-14(2,3)25-13(23)20-10(11(21)8-24-15(16,17)18)7-9-5-4-6-19-12(9)22/h9-10H,4-8H2,1-3H3,(H,19,22)(H,20,23)/t9-,10?/m0/s1. The summed E-state index contributed by atoms with van der Waals surface area (Å²) in [5, 5.41) is 4.86. The van der Waals surface area contributed by atoms with Crippen LogP contribution in [0.25, 0.3) is 0 Å². The van der Waals surface area contributed by atoms with E-state index in [1.54, 1.807) is 20.8 Å². The summed E-state index contributed by atoms with van der Waals surface area (Å²) in [6.07, 6.45) is -4.87. The number of ketones is 1. The molecule has 2 atom stereocenters. The van der Waals surface area contributed by atoms with Gasteiger partial charge >= 0.3 is 12.5 Å². The molecule has 1 aliphatic rings. The molecule has 0 radical (unpaired) electrons. The molecule has 0 saturated carbocycles. The summed E-state index contributed by atoms with van der Waals surface area (Å²) >= 11 is 0. The first-order chi connectivity index (χ1) is 11.4. The van der Waals surface area contributed by atoms with E-state index in [1.807, 2.05) is 0 Å². The Morgan fingerprint density at radius 2 is 1.96 bits per heavy atom. The van der Waals surface area contributed by atoms with Gasteiger partial charge < -0.3 is 15.4 Å². The van der Waals surface area contributed by atoms with Gasteiger partial charge in [-0.15, -0.1) is 13.2 Å². The first-order valence-electron chi connectivity index (χ1n) is 7.88. The normalized spacial score (nSPS) is 19.8.